The molecule has 4 heteroatoms. The van der Waals surface area contributed by atoms with Crippen LogP contribution >= 0.6 is 11.3 Å². The standard InChI is InChI=1S/C17H20N2OS/c1-13-8-10-21-16(13)17(20)18-11-14-7-9-19(12-14)15-5-3-2-4-6-15/h2-6,8,10,14H,7,9,11-12H2,1H3,(H,18,20)/t14-/m0/s1. The molecule has 1 fully saturated rings. The third-order valence-corrected chi connectivity index (χ3v) is 5.04. The van der Waals surface area contributed by atoms with Crippen molar-refractivity contribution in [2.75, 3.05) is 24.5 Å². The van der Waals surface area contributed by atoms with Gasteiger partial charge in [0.25, 0.3) is 5.91 Å². The molecule has 1 N–H and O–H groups in total. The van der Waals surface area contributed by atoms with Gasteiger partial charge in [-0.1, -0.05) is 18.2 Å². The molecule has 3 nitrogen and oxygen atoms in total. The second-order valence-electron chi connectivity index (χ2n) is 5.58. The zero-order valence-corrected chi connectivity index (χ0v) is 13.0. The van der Waals surface area contributed by atoms with Gasteiger partial charge in [0.15, 0.2) is 0 Å². The molecule has 1 aromatic carbocycles. The lowest BCUT2D eigenvalue weighted by molar-refractivity contribution is 0.0952. The summed E-state index contributed by atoms with van der Waals surface area (Å²) in [6.07, 6.45) is 1.14. The van der Waals surface area contributed by atoms with E-state index in [9.17, 15) is 4.79 Å². The van der Waals surface area contributed by atoms with Crippen molar-refractivity contribution < 1.29 is 4.79 Å². The molecule has 0 saturated carbocycles. The summed E-state index contributed by atoms with van der Waals surface area (Å²) < 4.78 is 0. The SMILES string of the molecule is Cc1ccsc1C(=O)NC[C@@H]1CCN(c2ccccc2)C1. The summed E-state index contributed by atoms with van der Waals surface area (Å²) in [6, 6.07) is 12.5. The second kappa shape index (κ2) is 6.31. The van der Waals surface area contributed by atoms with Gasteiger partial charge in [0, 0.05) is 25.3 Å². The van der Waals surface area contributed by atoms with E-state index in [1.165, 1.54) is 17.0 Å². The minimum absolute atomic E-state index is 0.0701. The summed E-state index contributed by atoms with van der Waals surface area (Å²) in [5.41, 5.74) is 2.34. The van der Waals surface area contributed by atoms with Gasteiger partial charge in [-0.3, -0.25) is 4.79 Å². The van der Waals surface area contributed by atoms with E-state index < -0.39 is 0 Å². The van der Waals surface area contributed by atoms with Gasteiger partial charge in [-0.05, 0) is 48.4 Å². The summed E-state index contributed by atoms with van der Waals surface area (Å²) in [5, 5.41) is 5.05. The van der Waals surface area contributed by atoms with Crippen LogP contribution in [0.1, 0.15) is 21.7 Å². The van der Waals surface area contributed by atoms with Gasteiger partial charge >= 0.3 is 0 Å². The Morgan fingerprint density at radius 3 is 2.86 bits per heavy atom. The topological polar surface area (TPSA) is 32.3 Å². The molecular formula is C17H20N2OS. The smallest absolute Gasteiger partial charge is 0.261 e. The number of nitrogens with zero attached hydrogens (tertiary/aromatic N) is 1. The third kappa shape index (κ3) is 3.27. The van der Waals surface area contributed by atoms with Crippen LogP contribution in [0.5, 0.6) is 0 Å². The molecule has 110 valence electrons. The fourth-order valence-electron chi connectivity index (χ4n) is 2.80. The Balaban J connectivity index is 1.52. The molecule has 1 saturated heterocycles. The molecule has 1 atom stereocenters. The summed E-state index contributed by atoms with van der Waals surface area (Å²) in [4.78, 5) is 15.4. The Kier molecular flexibility index (Phi) is 4.25. The minimum atomic E-state index is 0.0701. The van der Waals surface area contributed by atoms with Gasteiger partial charge in [0.1, 0.15) is 0 Å². The quantitative estimate of drug-likeness (QED) is 0.939. The third-order valence-electron chi connectivity index (χ3n) is 4.03. The van der Waals surface area contributed by atoms with Crippen LogP contribution in [-0.2, 0) is 0 Å². The molecule has 1 aliphatic rings. The highest BCUT2D eigenvalue weighted by Gasteiger charge is 2.23. The lowest BCUT2D eigenvalue weighted by Gasteiger charge is -2.18. The minimum Gasteiger partial charge on any atom is -0.371 e. The number of hydrogen-bond donors (Lipinski definition) is 1. The van der Waals surface area contributed by atoms with Crippen molar-refractivity contribution in [1.82, 2.24) is 5.32 Å². The Morgan fingerprint density at radius 1 is 1.33 bits per heavy atom. The second-order valence-corrected chi connectivity index (χ2v) is 6.50. The molecule has 1 aliphatic heterocycles. The van der Waals surface area contributed by atoms with Crippen LogP contribution in [0.15, 0.2) is 41.8 Å². The fourth-order valence-corrected chi connectivity index (χ4v) is 3.64. The number of thiophene rings is 1. The summed E-state index contributed by atoms with van der Waals surface area (Å²) in [5.74, 6) is 0.607. The first-order valence-electron chi connectivity index (χ1n) is 7.36. The first-order chi connectivity index (χ1) is 10.2. The lowest BCUT2D eigenvalue weighted by atomic mass is 10.1. The molecule has 2 aromatic rings. The van der Waals surface area contributed by atoms with Gasteiger partial charge in [-0.2, -0.15) is 0 Å². The fraction of sp³-hybridized carbons (Fsp3) is 0.353. The molecule has 0 radical (unpaired) electrons. The Bertz CT molecular complexity index is 608. The Morgan fingerprint density at radius 2 is 2.14 bits per heavy atom. The highest BCUT2D eigenvalue weighted by Crippen LogP contribution is 2.23. The highest BCUT2D eigenvalue weighted by molar-refractivity contribution is 7.12. The number of carbonyl (C=O) groups is 1. The van der Waals surface area contributed by atoms with Crippen molar-refractivity contribution in [3.8, 4) is 0 Å². The van der Waals surface area contributed by atoms with Gasteiger partial charge in [0.05, 0.1) is 4.88 Å². The maximum absolute atomic E-state index is 12.1. The van der Waals surface area contributed by atoms with E-state index in [4.69, 9.17) is 0 Å². The number of rotatable bonds is 4. The Labute approximate surface area is 129 Å². The zero-order valence-electron chi connectivity index (χ0n) is 12.2. The summed E-state index contributed by atoms with van der Waals surface area (Å²) in [6.45, 7) is 4.84. The number of benzene rings is 1. The number of anilines is 1. The van der Waals surface area contributed by atoms with Crippen molar-refractivity contribution >= 4 is 22.9 Å². The van der Waals surface area contributed by atoms with E-state index >= 15 is 0 Å². The first kappa shape index (κ1) is 14.1. The van der Waals surface area contributed by atoms with Crippen LogP contribution in [0.3, 0.4) is 0 Å². The molecule has 0 unspecified atom stereocenters. The van der Waals surface area contributed by atoms with Crippen LogP contribution in [0, 0.1) is 12.8 Å². The van der Waals surface area contributed by atoms with Crippen LogP contribution in [0.4, 0.5) is 5.69 Å². The summed E-state index contributed by atoms with van der Waals surface area (Å²) in [7, 11) is 0. The van der Waals surface area contributed by atoms with E-state index in [0.29, 0.717) is 5.92 Å². The highest BCUT2D eigenvalue weighted by atomic mass is 32.1. The van der Waals surface area contributed by atoms with E-state index in [1.807, 2.05) is 24.4 Å². The average Bonchev–Trinajstić information content (AvgIpc) is 3.15. The van der Waals surface area contributed by atoms with Crippen molar-refractivity contribution in [3.63, 3.8) is 0 Å². The van der Waals surface area contributed by atoms with Crippen molar-refractivity contribution in [3.05, 3.63) is 52.2 Å². The maximum atomic E-state index is 12.1. The molecule has 3 rings (SSSR count). The zero-order chi connectivity index (χ0) is 14.7. The van der Waals surface area contributed by atoms with Crippen molar-refractivity contribution in [2.24, 2.45) is 5.92 Å². The predicted molar refractivity (Wildman–Crippen MR) is 88.2 cm³/mol. The number of aryl methyl sites for hydroxylation is 1. The maximum Gasteiger partial charge on any atom is 0.261 e. The lowest BCUT2D eigenvalue weighted by Crippen LogP contribution is -2.30. The molecule has 1 amide bonds. The number of amides is 1. The van der Waals surface area contributed by atoms with Gasteiger partial charge < -0.3 is 10.2 Å². The number of nitrogens with one attached hydrogen (secondary N) is 1. The van der Waals surface area contributed by atoms with E-state index in [1.54, 1.807) is 0 Å². The van der Waals surface area contributed by atoms with E-state index in [2.05, 4.69) is 34.5 Å². The number of para-hydroxylation sites is 1. The molecule has 0 bridgehead atoms. The molecule has 2 heterocycles. The summed E-state index contributed by atoms with van der Waals surface area (Å²) >= 11 is 1.52. The normalized spacial score (nSPS) is 18.0. The average molecular weight is 300 g/mol. The van der Waals surface area contributed by atoms with Gasteiger partial charge in [-0.25, -0.2) is 0 Å². The number of hydrogen-bond acceptors (Lipinski definition) is 3. The molecule has 1 aromatic heterocycles. The van der Waals surface area contributed by atoms with Crippen molar-refractivity contribution in [2.45, 2.75) is 13.3 Å². The van der Waals surface area contributed by atoms with Gasteiger partial charge in [0.2, 0.25) is 0 Å². The Hall–Kier alpha value is -1.81. The number of carbonyl (C=O) groups excluding carboxylic acids is 1. The van der Waals surface area contributed by atoms with Crippen LogP contribution in [0.25, 0.3) is 0 Å². The van der Waals surface area contributed by atoms with Crippen molar-refractivity contribution in [1.29, 1.82) is 0 Å². The van der Waals surface area contributed by atoms with Crippen LogP contribution in [-0.4, -0.2) is 25.5 Å². The first-order valence-corrected chi connectivity index (χ1v) is 8.24. The monoisotopic (exact) mass is 300 g/mol. The van der Waals surface area contributed by atoms with Crippen LogP contribution < -0.4 is 10.2 Å². The van der Waals surface area contributed by atoms with E-state index in [0.717, 1.165) is 36.5 Å². The predicted octanol–water partition coefficient (Wildman–Crippen LogP) is 3.31. The molecule has 0 spiro atoms. The molecule has 21 heavy (non-hydrogen) atoms. The van der Waals surface area contributed by atoms with Crippen LogP contribution in [0.2, 0.25) is 0 Å². The molecule has 0 aliphatic carbocycles. The van der Waals surface area contributed by atoms with Gasteiger partial charge in [-0.15, -0.1) is 11.3 Å². The molecular weight excluding hydrogens is 280 g/mol. The van der Waals surface area contributed by atoms with E-state index in [-0.39, 0.29) is 5.91 Å². The largest absolute Gasteiger partial charge is 0.371 e.